The molecule has 0 radical (unpaired) electrons. The second-order valence-corrected chi connectivity index (χ2v) is 11.3. The minimum Gasteiger partial charge on any atom is -0.437 e. The molecular formula is C23H27FN2O3S2. The minimum absolute atomic E-state index is 0.310. The summed E-state index contributed by atoms with van der Waals surface area (Å²) in [7, 11) is -3.49. The highest BCUT2D eigenvalue weighted by molar-refractivity contribution is 8.00. The summed E-state index contributed by atoms with van der Waals surface area (Å²) in [6.07, 6.45) is 5.19. The number of sulfonamides is 1. The molecule has 2 aromatic heterocycles. The smallest absolute Gasteiger partial charge is 0.233 e. The van der Waals surface area contributed by atoms with Gasteiger partial charge >= 0.3 is 0 Å². The molecule has 1 saturated carbocycles. The van der Waals surface area contributed by atoms with E-state index in [1.54, 1.807) is 12.1 Å². The van der Waals surface area contributed by atoms with Gasteiger partial charge in [0.05, 0.1) is 6.26 Å². The maximum atomic E-state index is 13.3. The van der Waals surface area contributed by atoms with E-state index in [2.05, 4.69) is 4.98 Å². The predicted molar refractivity (Wildman–Crippen MR) is 126 cm³/mol. The average molecular weight is 463 g/mol. The van der Waals surface area contributed by atoms with Crippen LogP contribution in [0.25, 0.3) is 22.4 Å². The highest BCUT2D eigenvalue weighted by atomic mass is 32.2. The third-order valence-corrected chi connectivity index (χ3v) is 8.12. The Balaban J connectivity index is 1.71. The van der Waals surface area contributed by atoms with Gasteiger partial charge < -0.3 is 4.42 Å². The topological polar surface area (TPSA) is 63.4 Å². The number of anilines is 1. The SMILES string of the molecule is CCc1cc2c(C)c(-c3ccc(F)cc3)oc2nc1N(CCCSC1CC1)S(C)(=O)=O. The number of aryl methyl sites for hydroxylation is 2. The van der Waals surface area contributed by atoms with Crippen molar-refractivity contribution in [1.29, 1.82) is 0 Å². The van der Waals surface area contributed by atoms with Crippen molar-refractivity contribution in [1.82, 2.24) is 4.98 Å². The van der Waals surface area contributed by atoms with Gasteiger partial charge in [0.15, 0.2) is 0 Å². The van der Waals surface area contributed by atoms with Crippen molar-refractivity contribution in [2.45, 2.75) is 44.8 Å². The molecular weight excluding hydrogens is 435 g/mol. The van der Waals surface area contributed by atoms with Crippen LogP contribution < -0.4 is 4.31 Å². The second kappa shape index (κ2) is 8.82. The van der Waals surface area contributed by atoms with Crippen molar-refractivity contribution >= 4 is 38.7 Å². The Morgan fingerprint density at radius 2 is 1.97 bits per heavy atom. The lowest BCUT2D eigenvalue weighted by Gasteiger charge is -2.23. The third-order valence-electron chi connectivity index (χ3n) is 5.49. The van der Waals surface area contributed by atoms with Crippen LogP contribution in [-0.4, -0.2) is 37.2 Å². The average Bonchev–Trinajstić information content (AvgIpc) is 3.50. The van der Waals surface area contributed by atoms with Gasteiger partial charge in [-0.1, -0.05) is 6.92 Å². The Morgan fingerprint density at radius 1 is 1.26 bits per heavy atom. The Hall–Kier alpha value is -2.06. The molecule has 1 aliphatic rings. The zero-order valence-electron chi connectivity index (χ0n) is 18.0. The minimum atomic E-state index is -3.49. The number of rotatable bonds is 9. The van der Waals surface area contributed by atoms with Crippen LogP contribution in [0.5, 0.6) is 0 Å². The molecule has 0 amide bonds. The van der Waals surface area contributed by atoms with Crippen LogP contribution in [-0.2, 0) is 16.4 Å². The van der Waals surface area contributed by atoms with E-state index in [-0.39, 0.29) is 5.82 Å². The largest absolute Gasteiger partial charge is 0.437 e. The molecule has 0 N–H and O–H groups in total. The predicted octanol–water partition coefficient (Wildman–Crippen LogP) is 5.56. The van der Waals surface area contributed by atoms with Crippen LogP contribution >= 0.6 is 11.8 Å². The maximum absolute atomic E-state index is 13.3. The lowest BCUT2D eigenvalue weighted by Crippen LogP contribution is -2.32. The molecule has 8 heteroatoms. The van der Waals surface area contributed by atoms with Gasteiger partial charge in [0.1, 0.15) is 17.4 Å². The zero-order chi connectivity index (χ0) is 22.2. The van der Waals surface area contributed by atoms with E-state index in [0.29, 0.717) is 30.3 Å². The summed E-state index contributed by atoms with van der Waals surface area (Å²) in [6, 6.07) is 8.09. The standard InChI is InChI=1S/C23H27FN2O3S2/c1-4-16-14-20-15(2)21(17-6-8-18(24)9-7-17)29-23(20)25-22(16)26(31(3,27)28)12-5-13-30-19-10-11-19/h6-9,14,19H,4-5,10-13H2,1-3H3. The molecule has 0 spiro atoms. The second-order valence-electron chi connectivity index (χ2n) is 8.00. The van der Waals surface area contributed by atoms with Crippen molar-refractivity contribution in [2.24, 2.45) is 0 Å². The van der Waals surface area contributed by atoms with Gasteiger partial charge in [0.2, 0.25) is 15.7 Å². The first-order chi connectivity index (χ1) is 14.8. The monoisotopic (exact) mass is 462 g/mol. The summed E-state index contributed by atoms with van der Waals surface area (Å²) in [5.74, 6) is 1.69. The van der Waals surface area contributed by atoms with Crippen molar-refractivity contribution in [3.05, 3.63) is 47.3 Å². The summed E-state index contributed by atoms with van der Waals surface area (Å²) in [5, 5.41) is 1.60. The van der Waals surface area contributed by atoms with Crippen LogP contribution in [0.4, 0.5) is 10.2 Å². The molecule has 0 atom stereocenters. The Morgan fingerprint density at radius 3 is 2.58 bits per heavy atom. The number of hydrogen-bond donors (Lipinski definition) is 0. The molecule has 1 aromatic carbocycles. The van der Waals surface area contributed by atoms with E-state index in [0.717, 1.165) is 39.5 Å². The molecule has 3 aromatic rings. The first kappa shape index (κ1) is 22.1. The fraction of sp³-hybridized carbons (Fsp3) is 0.435. The number of furan rings is 1. The molecule has 2 heterocycles. The molecule has 5 nitrogen and oxygen atoms in total. The van der Waals surface area contributed by atoms with Crippen LogP contribution in [0.2, 0.25) is 0 Å². The fourth-order valence-corrected chi connectivity index (χ4v) is 5.68. The molecule has 0 unspecified atom stereocenters. The first-order valence-corrected chi connectivity index (χ1v) is 13.5. The molecule has 1 fully saturated rings. The molecule has 0 saturated heterocycles. The van der Waals surface area contributed by atoms with Crippen LogP contribution in [0.3, 0.4) is 0 Å². The van der Waals surface area contributed by atoms with Gasteiger partial charge in [-0.05, 0) is 74.3 Å². The van der Waals surface area contributed by atoms with Crippen molar-refractivity contribution in [3.63, 3.8) is 0 Å². The molecule has 4 rings (SSSR count). The van der Waals surface area contributed by atoms with E-state index >= 15 is 0 Å². The molecule has 31 heavy (non-hydrogen) atoms. The van der Waals surface area contributed by atoms with E-state index in [1.165, 1.54) is 35.5 Å². The zero-order valence-corrected chi connectivity index (χ0v) is 19.7. The van der Waals surface area contributed by atoms with Gasteiger partial charge in [-0.2, -0.15) is 16.7 Å². The van der Waals surface area contributed by atoms with Crippen molar-refractivity contribution < 1.29 is 17.2 Å². The summed E-state index contributed by atoms with van der Waals surface area (Å²) < 4.78 is 46.0. The van der Waals surface area contributed by atoms with E-state index < -0.39 is 10.0 Å². The van der Waals surface area contributed by atoms with E-state index in [9.17, 15) is 12.8 Å². The van der Waals surface area contributed by atoms with Crippen LogP contribution in [0, 0.1) is 12.7 Å². The normalized spacial score (nSPS) is 14.3. The Kier molecular flexibility index (Phi) is 6.30. The number of pyridine rings is 1. The van der Waals surface area contributed by atoms with Gasteiger partial charge in [-0.15, -0.1) is 0 Å². The Bertz CT molecular complexity index is 1190. The van der Waals surface area contributed by atoms with Crippen molar-refractivity contribution in [3.8, 4) is 11.3 Å². The summed E-state index contributed by atoms with van der Waals surface area (Å²) >= 11 is 1.92. The lowest BCUT2D eigenvalue weighted by molar-refractivity contribution is 0.594. The number of aromatic nitrogens is 1. The van der Waals surface area contributed by atoms with Gasteiger partial charge in [0, 0.05) is 28.3 Å². The van der Waals surface area contributed by atoms with Crippen LogP contribution in [0.15, 0.2) is 34.7 Å². The summed E-state index contributed by atoms with van der Waals surface area (Å²) in [4.78, 5) is 4.66. The highest BCUT2D eigenvalue weighted by Gasteiger charge is 2.25. The molecule has 1 aliphatic carbocycles. The molecule has 0 aliphatic heterocycles. The number of fused-ring (bicyclic) bond motifs is 1. The number of halogens is 1. The molecule has 166 valence electrons. The lowest BCUT2D eigenvalue weighted by atomic mass is 10.1. The maximum Gasteiger partial charge on any atom is 0.233 e. The van der Waals surface area contributed by atoms with Gasteiger partial charge in [-0.3, -0.25) is 4.31 Å². The number of nitrogens with zero attached hydrogens (tertiary/aromatic N) is 2. The van der Waals surface area contributed by atoms with E-state index in [1.807, 2.05) is 31.7 Å². The van der Waals surface area contributed by atoms with E-state index in [4.69, 9.17) is 4.42 Å². The molecule has 0 bridgehead atoms. The van der Waals surface area contributed by atoms with Gasteiger partial charge in [-0.25, -0.2) is 12.8 Å². The first-order valence-electron chi connectivity index (χ1n) is 10.6. The van der Waals surface area contributed by atoms with Crippen molar-refractivity contribution in [2.75, 3.05) is 22.9 Å². The third kappa shape index (κ3) is 4.90. The highest BCUT2D eigenvalue weighted by Crippen LogP contribution is 2.36. The number of benzene rings is 1. The Labute approximate surface area is 187 Å². The van der Waals surface area contributed by atoms with Crippen LogP contribution in [0.1, 0.15) is 37.3 Å². The number of hydrogen-bond acceptors (Lipinski definition) is 5. The summed E-state index contributed by atoms with van der Waals surface area (Å²) in [5.41, 5.74) is 2.92. The van der Waals surface area contributed by atoms with Gasteiger partial charge in [0.25, 0.3) is 0 Å². The summed E-state index contributed by atoms with van der Waals surface area (Å²) in [6.45, 7) is 4.33. The fourth-order valence-electron chi connectivity index (χ4n) is 3.65. The number of thioether (sulfide) groups is 1. The quantitative estimate of drug-likeness (QED) is 0.390.